The van der Waals surface area contributed by atoms with Crippen LogP contribution in [0.2, 0.25) is 0 Å². The average Bonchev–Trinajstić information content (AvgIpc) is 2.96. The van der Waals surface area contributed by atoms with Crippen molar-refractivity contribution in [1.29, 1.82) is 0 Å². The molecule has 1 atom stereocenters. The van der Waals surface area contributed by atoms with Gasteiger partial charge in [-0.2, -0.15) is 5.10 Å². The van der Waals surface area contributed by atoms with Gasteiger partial charge in [-0.25, -0.2) is 4.68 Å². The van der Waals surface area contributed by atoms with E-state index in [9.17, 15) is 9.00 Å². The highest BCUT2D eigenvalue weighted by Crippen LogP contribution is 2.33. The number of halogens is 1. The van der Waals surface area contributed by atoms with E-state index in [1.165, 1.54) is 0 Å². The summed E-state index contributed by atoms with van der Waals surface area (Å²) in [6.45, 7) is 6.11. The number of carbonyl (C=O) groups excluding carboxylic acids is 1. The first kappa shape index (κ1) is 16.6. The molecule has 1 unspecified atom stereocenters. The molecule has 1 aromatic heterocycles. The largest absolute Gasteiger partial charge is 0.306 e. The molecule has 1 N–H and O–H groups in total. The molecule has 0 saturated carbocycles. The first-order valence-corrected chi connectivity index (χ1v) is 9.86. The Kier molecular flexibility index (Phi) is 4.35. The number of nitrogens with zero attached hydrogens (tertiary/aromatic N) is 2. The quantitative estimate of drug-likeness (QED) is 0.725. The smallest absolute Gasteiger partial charge is 0.257 e. The Hall–Kier alpha value is -1.22. The maximum absolute atomic E-state index is 12.7. The van der Waals surface area contributed by atoms with E-state index in [1.54, 1.807) is 6.07 Å². The van der Waals surface area contributed by atoms with Crippen molar-refractivity contribution in [3.05, 3.63) is 44.7 Å². The molecule has 0 bridgehead atoms. The number of rotatable bonds is 2. The van der Waals surface area contributed by atoms with Crippen molar-refractivity contribution in [3.63, 3.8) is 0 Å². The van der Waals surface area contributed by atoms with E-state index in [1.807, 2.05) is 43.7 Å². The number of carbonyl (C=O) groups is 1. The minimum absolute atomic E-state index is 0.166. The van der Waals surface area contributed by atoms with Gasteiger partial charge in [0.05, 0.1) is 28.3 Å². The molecule has 122 valence electrons. The van der Waals surface area contributed by atoms with Crippen LogP contribution in [-0.4, -0.2) is 19.9 Å². The highest BCUT2D eigenvalue weighted by atomic mass is 127. The van der Waals surface area contributed by atoms with Crippen LogP contribution in [0.4, 0.5) is 5.82 Å². The van der Waals surface area contributed by atoms with Crippen LogP contribution < -0.4 is 5.32 Å². The van der Waals surface area contributed by atoms with Crippen molar-refractivity contribution < 1.29 is 9.00 Å². The molecule has 0 saturated heterocycles. The molecule has 7 heteroatoms. The highest BCUT2D eigenvalue weighted by Gasteiger charge is 2.31. The molecule has 0 fully saturated rings. The van der Waals surface area contributed by atoms with Gasteiger partial charge in [0.25, 0.3) is 5.91 Å². The van der Waals surface area contributed by atoms with E-state index < -0.39 is 10.8 Å². The number of anilines is 1. The molecular formula is C16H18IN3O2S. The normalized spacial score (nSPS) is 17.1. The van der Waals surface area contributed by atoms with Crippen LogP contribution in [0, 0.1) is 3.57 Å². The van der Waals surface area contributed by atoms with Crippen molar-refractivity contribution in [1.82, 2.24) is 9.78 Å². The lowest BCUT2D eigenvalue weighted by atomic mass is 10.1. The molecular weight excluding hydrogens is 425 g/mol. The summed E-state index contributed by atoms with van der Waals surface area (Å²) in [5.74, 6) is 1.42. The molecule has 1 amide bonds. The van der Waals surface area contributed by atoms with E-state index in [-0.39, 0.29) is 11.4 Å². The third-order valence-corrected chi connectivity index (χ3v) is 5.80. The van der Waals surface area contributed by atoms with Gasteiger partial charge in [0.1, 0.15) is 5.82 Å². The second kappa shape index (κ2) is 6.01. The molecule has 0 radical (unpaired) electrons. The Morgan fingerprint density at radius 2 is 2.00 bits per heavy atom. The lowest BCUT2D eigenvalue weighted by molar-refractivity contribution is 0.102. The van der Waals surface area contributed by atoms with Gasteiger partial charge in [0.15, 0.2) is 0 Å². The number of benzene rings is 1. The molecule has 3 rings (SSSR count). The monoisotopic (exact) mass is 443 g/mol. The minimum Gasteiger partial charge on any atom is -0.306 e. The number of aromatic nitrogens is 2. The molecule has 2 aromatic rings. The summed E-state index contributed by atoms with van der Waals surface area (Å²) < 4.78 is 14.6. The molecule has 23 heavy (non-hydrogen) atoms. The highest BCUT2D eigenvalue weighted by molar-refractivity contribution is 14.1. The van der Waals surface area contributed by atoms with Crippen LogP contribution in [0.5, 0.6) is 0 Å². The van der Waals surface area contributed by atoms with E-state index in [0.29, 0.717) is 22.9 Å². The fourth-order valence-electron chi connectivity index (χ4n) is 2.56. The van der Waals surface area contributed by atoms with Crippen molar-refractivity contribution in [3.8, 4) is 0 Å². The molecule has 0 aliphatic carbocycles. The third-order valence-electron chi connectivity index (χ3n) is 3.66. The first-order chi connectivity index (χ1) is 10.8. The van der Waals surface area contributed by atoms with Crippen LogP contribution in [0.1, 0.15) is 42.4 Å². The van der Waals surface area contributed by atoms with Gasteiger partial charge >= 0.3 is 0 Å². The van der Waals surface area contributed by atoms with Crippen molar-refractivity contribution >= 4 is 45.1 Å². The molecule has 1 aromatic carbocycles. The number of amides is 1. The minimum atomic E-state index is -0.926. The number of hydrogen-bond donors (Lipinski definition) is 1. The van der Waals surface area contributed by atoms with E-state index in [4.69, 9.17) is 0 Å². The van der Waals surface area contributed by atoms with Gasteiger partial charge in [-0.05, 0) is 55.5 Å². The van der Waals surface area contributed by atoms with Crippen LogP contribution in [0.25, 0.3) is 0 Å². The van der Waals surface area contributed by atoms with Crippen molar-refractivity contribution in [2.45, 2.75) is 37.8 Å². The zero-order valence-electron chi connectivity index (χ0n) is 13.2. The Labute approximate surface area is 151 Å². The van der Waals surface area contributed by atoms with Crippen LogP contribution >= 0.6 is 22.6 Å². The molecule has 2 heterocycles. The fraction of sp³-hybridized carbons (Fsp3) is 0.375. The number of hydrogen-bond acceptors (Lipinski definition) is 3. The van der Waals surface area contributed by atoms with E-state index >= 15 is 0 Å². The molecule has 1 aliphatic rings. The topological polar surface area (TPSA) is 64.0 Å². The zero-order valence-corrected chi connectivity index (χ0v) is 16.2. The van der Waals surface area contributed by atoms with Crippen LogP contribution in [0.15, 0.2) is 24.3 Å². The van der Waals surface area contributed by atoms with Gasteiger partial charge in [-0.3, -0.25) is 9.00 Å². The van der Waals surface area contributed by atoms with Gasteiger partial charge in [0, 0.05) is 19.9 Å². The van der Waals surface area contributed by atoms with Gasteiger partial charge < -0.3 is 5.32 Å². The number of fused-ring (bicyclic) bond motifs is 1. The Morgan fingerprint density at radius 1 is 1.30 bits per heavy atom. The summed E-state index contributed by atoms with van der Waals surface area (Å²) in [4.78, 5) is 12.7. The van der Waals surface area contributed by atoms with Gasteiger partial charge in [0.2, 0.25) is 0 Å². The zero-order chi connectivity index (χ0) is 16.8. The summed E-state index contributed by atoms with van der Waals surface area (Å²) in [6, 6.07) is 7.44. The summed E-state index contributed by atoms with van der Waals surface area (Å²) >= 11 is 2.15. The number of nitrogens with one attached hydrogen (secondary N) is 1. The predicted octanol–water partition coefficient (Wildman–Crippen LogP) is 3.26. The summed E-state index contributed by atoms with van der Waals surface area (Å²) in [6.07, 6.45) is 0. The molecule has 0 spiro atoms. The standard InChI is InChI=1S/C16H18IN3O2S/c1-16(2,3)20-14(11-8-23(22)9-13(11)19-20)18-15(21)10-6-4-5-7-12(10)17/h4-7H,8-9H2,1-3H3,(H,18,21). The molecule has 1 aliphatic heterocycles. The Balaban J connectivity index is 2.01. The maximum Gasteiger partial charge on any atom is 0.257 e. The second-order valence-corrected chi connectivity index (χ2v) is 9.14. The third kappa shape index (κ3) is 3.21. The van der Waals surface area contributed by atoms with E-state index in [0.717, 1.165) is 14.8 Å². The van der Waals surface area contributed by atoms with E-state index in [2.05, 4.69) is 33.0 Å². The lowest BCUT2D eigenvalue weighted by Gasteiger charge is -2.23. The average molecular weight is 443 g/mol. The Morgan fingerprint density at radius 3 is 2.65 bits per heavy atom. The lowest BCUT2D eigenvalue weighted by Crippen LogP contribution is -2.27. The first-order valence-electron chi connectivity index (χ1n) is 7.29. The predicted molar refractivity (Wildman–Crippen MR) is 99.9 cm³/mol. The maximum atomic E-state index is 12.7. The fourth-order valence-corrected chi connectivity index (χ4v) is 4.46. The summed E-state index contributed by atoms with van der Waals surface area (Å²) in [7, 11) is -0.926. The van der Waals surface area contributed by atoms with Gasteiger partial charge in [-0.1, -0.05) is 12.1 Å². The summed E-state index contributed by atoms with van der Waals surface area (Å²) in [5.41, 5.74) is 2.09. The SMILES string of the molecule is CC(C)(C)n1nc2c(c1NC(=O)c1ccccc1I)CS(=O)C2. The van der Waals surface area contributed by atoms with Gasteiger partial charge in [-0.15, -0.1) is 0 Å². The van der Waals surface area contributed by atoms with Crippen molar-refractivity contribution in [2.24, 2.45) is 0 Å². The molecule has 5 nitrogen and oxygen atoms in total. The van der Waals surface area contributed by atoms with Crippen LogP contribution in [0.3, 0.4) is 0 Å². The Bertz CT molecular complexity index is 808. The second-order valence-electron chi connectivity index (χ2n) is 6.52. The summed E-state index contributed by atoms with van der Waals surface area (Å²) in [5, 5.41) is 7.59. The van der Waals surface area contributed by atoms with Crippen LogP contribution in [-0.2, 0) is 27.8 Å². The van der Waals surface area contributed by atoms with Crippen molar-refractivity contribution in [2.75, 3.05) is 5.32 Å².